The molecule has 2 atom stereocenters. The Bertz CT molecular complexity index is 233. The molecule has 2 N–H and O–H groups in total. The molecule has 0 aromatic carbocycles. The number of ether oxygens (including phenoxy) is 1. The molecule has 1 rings (SSSR count). The van der Waals surface area contributed by atoms with Gasteiger partial charge in [-0.25, -0.2) is 0 Å². The molecule has 1 unspecified atom stereocenters. The number of rotatable bonds is 1. The van der Waals surface area contributed by atoms with E-state index in [0.717, 1.165) is 38.5 Å². The normalized spacial score (nSPS) is 28.0. The number of esters is 1. The molecule has 94 valence electrons. The van der Waals surface area contributed by atoms with Crippen LogP contribution in [0.5, 0.6) is 0 Å². The van der Waals surface area contributed by atoms with E-state index in [1.807, 2.05) is 20.8 Å². The van der Waals surface area contributed by atoms with Crippen molar-refractivity contribution < 1.29 is 9.53 Å². The van der Waals surface area contributed by atoms with Crippen molar-refractivity contribution in [2.45, 2.75) is 70.9 Å². The van der Waals surface area contributed by atoms with Crippen molar-refractivity contribution in [1.82, 2.24) is 0 Å². The van der Waals surface area contributed by atoms with Crippen LogP contribution in [0.2, 0.25) is 0 Å². The predicted molar refractivity (Wildman–Crippen MR) is 65.0 cm³/mol. The van der Waals surface area contributed by atoms with Crippen LogP contribution >= 0.6 is 0 Å². The molecular weight excluding hydrogens is 202 g/mol. The summed E-state index contributed by atoms with van der Waals surface area (Å²) in [5, 5.41) is 0. The van der Waals surface area contributed by atoms with Crippen molar-refractivity contribution in [3.05, 3.63) is 0 Å². The summed E-state index contributed by atoms with van der Waals surface area (Å²) in [6.07, 6.45) is 6.13. The van der Waals surface area contributed by atoms with Gasteiger partial charge in [0.2, 0.25) is 0 Å². The highest BCUT2D eigenvalue weighted by atomic mass is 16.6. The Hall–Kier alpha value is -0.570. The minimum Gasteiger partial charge on any atom is -0.460 e. The number of hydrogen-bond donors (Lipinski definition) is 1. The van der Waals surface area contributed by atoms with E-state index in [0.29, 0.717) is 0 Å². The first kappa shape index (κ1) is 13.5. The Morgan fingerprint density at radius 2 is 1.75 bits per heavy atom. The number of hydrogen-bond acceptors (Lipinski definition) is 3. The number of carbonyl (C=O) groups is 1. The molecule has 0 amide bonds. The average molecular weight is 227 g/mol. The van der Waals surface area contributed by atoms with Gasteiger partial charge in [-0.3, -0.25) is 4.79 Å². The molecule has 3 nitrogen and oxygen atoms in total. The van der Waals surface area contributed by atoms with Crippen LogP contribution in [0.25, 0.3) is 0 Å². The fraction of sp³-hybridized carbons (Fsp3) is 0.923. The maximum absolute atomic E-state index is 11.9. The third-order valence-corrected chi connectivity index (χ3v) is 3.00. The highest BCUT2D eigenvalue weighted by Gasteiger charge is 2.26. The topological polar surface area (TPSA) is 52.3 Å². The number of carbonyl (C=O) groups excluding carboxylic acids is 1. The van der Waals surface area contributed by atoms with Crippen LogP contribution in [0.3, 0.4) is 0 Å². The molecule has 0 spiro atoms. The van der Waals surface area contributed by atoms with E-state index in [-0.39, 0.29) is 23.5 Å². The van der Waals surface area contributed by atoms with Crippen LogP contribution in [0.1, 0.15) is 59.3 Å². The highest BCUT2D eigenvalue weighted by Crippen LogP contribution is 2.24. The van der Waals surface area contributed by atoms with Crippen LogP contribution in [-0.4, -0.2) is 17.6 Å². The fourth-order valence-electron chi connectivity index (χ4n) is 2.12. The van der Waals surface area contributed by atoms with Crippen LogP contribution in [0.4, 0.5) is 0 Å². The second-order valence-electron chi connectivity index (χ2n) is 5.85. The van der Waals surface area contributed by atoms with Crippen molar-refractivity contribution in [2.75, 3.05) is 0 Å². The van der Waals surface area contributed by atoms with Gasteiger partial charge in [-0.05, 0) is 46.5 Å². The largest absolute Gasteiger partial charge is 0.460 e. The fourth-order valence-corrected chi connectivity index (χ4v) is 2.12. The van der Waals surface area contributed by atoms with Gasteiger partial charge in [0.05, 0.1) is 5.92 Å². The first-order valence-electron chi connectivity index (χ1n) is 6.37. The van der Waals surface area contributed by atoms with Gasteiger partial charge >= 0.3 is 5.97 Å². The SMILES string of the molecule is CC(C)(C)OC(=O)C1CCCC[C@H](N)CC1. The minimum atomic E-state index is -0.373. The highest BCUT2D eigenvalue weighted by molar-refractivity contribution is 5.72. The third-order valence-electron chi connectivity index (χ3n) is 3.00. The maximum Gasteiger partial charge on any atom is 0.309 e. The van der Waals surface area contributed by atoms with E-state index in [9.17, 15) is 4.79 Å². The Labute approximate surface area is 98.7 Å². The zero-order chi connectivity index (χ0) is 12.2. The summed E-state index contributed by atoms with van der Waals surface area (Å²) >= 11 is 0. The lowest BCUT2D eigenvalue weighted by molar-refractivity contribution is -0.160. The summed E-state index contributed by atoms with van der Waals surface area (Å²) < 4.78 is 5.43. The zero-order valence-corrected chi connectivity index (χ0v) is 10.8. The molecule has 0 heterocycles. The lowest BCUT2D eigenvalue weighted by atomic mass is 9.89. The second kappa shape index (κ2) is 5.67. The number of nitrogens with two attached hydrogens (primary N) is 1. The Morgan fingerprint density at radius 3 is 2.38 bits per heavy atom. The maximum atomic E-state index is 11.9. The molecule has 3 heteroatoms. The lowest BCUT2D eigenvalue weighted by Gasteiger charge is -2.26. The molecule has 1 saturated carbocycles. The van der Waals surface area contributed by atoms with E-state index in [1.165, 1.54) is 0 Å². The third kappa shape index (κ3) is 4.97. The van der Waals surface area contributed by atoms with Gasteiger partial charge in [-0.15, -0.1) is 0 Å². The Kier molecular flexibility index (Phi) is 4.78. The molecular formula is C13H25NO2. The van der Waals surface area contributed by atoms with Gasteiger partial charge in [0.25, 0.3) is 0 Å². The van der Waals surface area contributed by atoms with Crippen molar-refractivity contribution in [1.29, 1.82) is 0 Å². The second-order valence-corrected chi connectivity index (χ2v) is 5.85. The monoisotopic (exact) mass is 227 g/mol. The summed E-state index contributed by atoms with van der Waals surface area (Å²) in [4.78, 5) is 11.9. The van der Waals surface area contributed by atoms with Gasteiger partial charge in [-0.1, -0.05) is 12.8 Å². The molecule has 0 saturated heterocycles. The molecule has 1 fully saturated rings. The van der Waals surface area contributed by atoms with Crippen LogP contribution in [0, 0.1) is 5.92 Å². The smallest absolute Gasteiger partial charge is 0.309 e. The molecule has 0 aliphatic heterocycles. The minimum absolute atomic E-state index is 0.0402. The average Bonchev–Trinajstić information content (AvgIpc) is 2.08. The standard InChI is InChI=1S/C13H25NO2/c1-13(2,3)16-12(15)10-6-4-5-7-11(14)9-8-10/h10-11H,4-9,14H2,1-3H3/t10?,11-/m0/s1. The van der Waals surface area contributed by atoms with Crippen molar-refractivity contribution in [3.8, 4) is 0 Å². The quantitative estimate of drug-likeness (QED) is 0.701. The summed E-state index contributed by atoms with van der Waals surface area (Å²) in [6.45, 7) is 5.75. The van der Waals surface area contributed by atoms with Crippen LogP contribution in [0.15, 0.2) is 0 Å². The van der Waals surface area contributed by atoms with Gasteiger partial charge in [0.1, 0.15) is 5.60 Å². The van der Waals surface area contributed by atoms with Crippen molar-refractivity contribution in [3.63, 3.8) is 0 Å². The molecule has 1 aliphatic rings. The first-order valence-corrected chi connectivity index (χ1v) is 6.37. The first-order chi connectivity index (χ1) is 7.38. The summed E-state index contributed by atoms with van der Waals surface area (Å²) in [5.74, 6) is 0.0205. The molecule has 16 heavy (non-hydrogen) atoms. The lowest BCUT2D eigenvalue weighted by Crippen LogP contribution is -2.31. The molecule has 0 bridgehead atoms. The van der Waals surface area contributed by atoms with E-state index in [1.54, 1.807) is 0 Å². The van der Waals surface area contributed by atoms with Gasteiger partial charge in [-0.2, -0.15) is 0 Å². The predicted octanol–water partition coefficient (Wildman–Crippen LogP) is 2.63. The van der Waals surface area contributed by atoms with Crippen LogP contribution < -0.4 is 5.73 Å². The van der Waals surface area contributed by atoms with Crippen molar-refractivity contribution in [2.24, 2.45) is 11.7 Å². The van der Waals surface area contributed by atoms with Crippen molar-refractivity contribution >= 4 is 5.97 Å². The summed E-state index contributed by atoms with van der Waals surface area (Å²) in [5.41, 5.74) is 5.57. The van der Waals surface area contributed by atoms with E-state index >= 15 is 0 Å². The van der Waals surface area contributed by atoms with E-state index in [2.05, 4.69) is 0 Å². The zero-order valence-electron chi connectivity index (χ0n) is 10.8. The molecule has 0 aromatic heterocycles. The van der Waals surface area contributed by atoms with E-state index in [4.69, 9.17) is 10.5 Å². The summed E-state index contributed by atoms with van der Waals surface area (Å²) in [6, 6.07) is 0.269. The summed E-state index contributed by atoms with van der Waals surface area (Å²) in [7, 11) is 0. The van der Waals surface area contributed by atoms with Gasteiger partial charge in [0.15, 0.2) is 0 Å². The van der Waals surface area contributed by atoms with E-state index < -0.39 is 0 Å². The van der Waals surface area contributed by atoms with Gasteiger partial charge in [0, 0.05) is 6.04 Å². The molecule has 1 aliphatic carbocycles. The van der Waals surface area contributed by atoms with Gasteiger partial charge < -0.3 is 10.5 Å². The Balaban J connectivity index is 2.47. The molecule has 0 aromatic rings. The Morgan fingerprint density at radius 1 is 1.12 bits per heavy atom. The molecule has 0 radical (unpaired) electrons. The van der Waals surface area contributed by atoms with Crippen LogP contribution in [-0.2, 0) is 9.53 Å².